The molecule has 1 unspecified atom stereocenters. The van der Waals surface area contributed by atoms with Crippen LogP contribution in [0.3, 0.4) is 0 Å². The van der Waals surface area contributed by atoms with E-state index in [4.69, 9.17) is 5.11 Å². The summed E-state index contributed by atoms with van der Waals surface area (Å²) >= 11 is 1.31. The van der Waals surface area contributed by atoms with Gasteiger partial charge in [0.05, 0.1) is 5.92 Å². The van der Waals surface area contributed by atoms with Crippen molar-refractivity contribution in [1.82, 2.24) is 15.1 Å². The molecule has 0 saturated carbocycles. The van der Waals surface area contributed by atoms with E-state index in [1.807, 2.05) is 26.0 Å². The molecule has 1 aromatic heterocycles. The van der Waals surface area contributed by atoms with Crippen LogP contribution in [-0.4, -0.2) is 45.3 Å². The van der Waals surface area contributed by atoms with E-state index in [9.17, 15) is 9.59 Å². The number of hydrogen-bond acceptors (Lipinski definition) is 5. The van der Waals surface area contributed by atoms with Gasteiger partial charge in [0, 0.05) is 18.7 Å². The quantitative estimate of drug-likeness (QED) is 0.877. The van der Waals surface area contributed by atoms with E-state index >= 15 is 0 Å². The molecule has 3 rings (SSSR count). The van der Waals surface area contributed by atoms with Crippen molar-refractivity contribution in [3.05, 3.63) is 29.3 Å². The minimum Gasteiger partial charge on any atom is -0.481 e. The van der Waals surface area contributed by atoms with E-state index < -0.39 is 11.9 Å². The van der Waals surface area contributed by atoms with E-state index in [1.54, 1.807) is 0 Å². The molecular formula is C17H20N4O3S. The van der Waals surface area contributed by atoms with Crippen LogP contribution in [0.15, 0.2) is 18.2 Å². The second kappa shape index (κ2) is 7.18. The van der Waals surface area contributed by atoms with Crippen LogP contribution in [0.4, 0.5) is 9.93 Å². The molecule has 2 heterocycles. The summed E-state index contributed by atoms with van der Waals surface area (Å²) in [6.07, 6.45) is 1.29. The van der Waals surface area contributed by atoms with Gasteiger partial charge in [0.25, 0.3) is 0 Å². The highest BCUT2D eigenvalue weighted by molar-refractivity contribution is 7.18. The molecule has 1 aromatic carbocycles. The molecule has 1 fully saturated rings. The van der Waals surface area contributed by atoms with Gasteiger partial charge in [0.1, 0.15) is 5.01 Å². The summed E-state index contributed by atoms with van der Waals surface area (Å²) in [6.45, 7) is 4.83. The number of carboxylic acid groups (broad SMARTS) is 1. The Labute approximate surface area is 149 Å². The first-order valence-corrected chi connectivity index (χ1v) is 8.95. The highest BCUT2D eigenvalue weighted by atomic mass is 32.1. The highest BCUT2D eigenvalue weighted by Crippen LogP contribution is 2.28. The van der Waals surface area contributed by atoms with E-state index in [2.05, 4.69) is 21.6 Å². The standard InChI is InChI=1S/C17H20N4O3S/c1-10-6-11(2)8-13(7-10)14-19-20-16(25-14)18-17(24)21-5-3-4-12(9-21)15(22)23/h6-8,12H,3-5,9H2,1-2H3,(H,22,23)(H,18,20,24). The lowest BCUT2D eigenvalue weighted by atomic mass is 9.99. The molecule has 2 aromatic rings. The van der Waals surface area contributed by atoms with E-state index in [0.717, 1.165) is 21.7 Å². The van der Waals surface area contributed by atoms with Crippen molar-refractivity contribution >= 4 is 28.5 Å². The largest absolute Gasteiger partial charge is 0.481 e. The summed E-state index contributed by atoms with van der Waals surface area (Å²) in [7, 11) is 0. The Bertz CT molecular complexity index is 785. The Balaban J connectivity index is 1.68. The summed E-state index contributed by atoms with van der Waals surface area (Å²) in [6, 6.07) is 5.82. The number of nitrogens with zero attached hydrogens (tertiary/aromatic N) is 3. The van der Waals surface area contributed by atoms with Crippen molar-refractivity contribution in [2.75, 3.05) is 18.4 Å². The van der Waals surface area contributed by atoms with Gasteiger partial charge < -0.3 is 10.0 Å². The number of likely N-dealkylation sites (tertiary alicyclic amines) is 1. The van der Waals surface area contributed by atoms with Gasteiger partial charge in [0.2, 0.25) is 5.13 Å². The number of benzene rings is 1. The molecule has 8 heteroatoms. The Morgan fingerprint density at radius 2 is 1.96 bits per heavy atom. The molecule has 2 N–H and O–H groups in total. The molecule has 1 atom stereocenters. The van der Waals surface area contributed by atoms with Crippen molar-refractivity contribution in [2.24, 2.45) is 5.92 Å². The van der Waals surface area contributed by atoms with Gasteiger partial charge in [-0.25, -0.2) is 4.79 Å². The molecule has 25 heavy (non-hydrogen) atoms. The predicted molar refractivity (Wildman–Crippen MR) is 95.8 cm³/mol. The van der Waals surface area contributed by atoms with Gasteiger partial charge >= 0.3 is 12.0 Å². The number of aromatic nitrogens is 2. The SMILES string of the molecule is Cc1cc(C)cc(-c2nnc(NC(=O)N3CCCC(C(=O)O)C3)s2)c1. The maximum atomic E-state index is 12.4. The fourth-order valence-corrected chi connectivity index (χ4v) is 3.74. The average Bonchev–Trinajstić information content (AvgIpc) is 3.02. The van der Waals surface area contributed by atoms with Crippen LogP contribution >= 0.6 is 11.3 Å². The minimum absolute atomic E-state index is 0.226. The molecule has 7 nitrogen and oxygen atoms in total. The zero-order chi connectivity index (χ0) is 18.0. The van der Waals surface area contributed by atoms with E-state index in [1.165, 1.54) is 16.2 Å². The van der Waals surface area contributed by atoms with Gasteiger partial charge in [0.15, 0.2) is 0 Å². The number of urea groups is 1. The van der Waals surface area contributed by atoms with Crippen molar-refractivity contribution in [1.29, 1.82) is 0 Å². The highest BCUT2D eigenvalue weighted by Gasteiger charge is 2.28. The summed E-state index contributed by atoms with van der Waals surface area (Å²) in [5.74, 6) is -1.36. The van der Waals surface area contributed by atoms with Crippen LogP contribution in [0.1, 0.15) is 24.0 Å². The van der Waals surface area contributed by atoms with Gasteiger partial charge in [-0.1, -0.05) is 28.5 Å². The van der Waals surface area contributed by atoms with Crippen LogP contribution in [0.25, 0.3) is 10.6 Å². The number of carbonyl (C=O) groups is 2. The topological polar surface area (TPSA) is 95.4 Å². The maximum absolute atomic E-state index is 12.4. The number of carbonyl (C=O) groups excluding carboxylic acids is 1. The predicted octanol–water partition coefficient (Wildman–Crippen LogP) is 3.15. The molecular weight excluding hydrogens is 340 g/mol. The Kier molecular flexibility index (Phi) is 4.98. The zero-order valence-corrected chi connectivity index (χ0v) is 15.0. The van der Waals surface area contributed by atoms with Crippen LogP contribution in [0.5, 0.6) is 0 Å². The monoisotopic (exact) mass is 360 g/mol. The first kappa shape index (κ1) is 17.3. The Hall–Kier alpha value is -2.48. The van der Waals surface area contributed by atoms with Crippen LogP contribution in [0.2, 0.25) is 0 Å². The number of aryl methyl sites for hydroxylation is 2. The third kappa shape index (κ3) is 4.14. The molecule has 1 aliphatic rings. The first-order valence-electron chi connectivity index (χ1n) is 8.13. The van der Waals surface area contributed by atoms with Crippen molar-refractivity contribution in [2.45, 2.75) is 26.7 Å². The van der Waals surface area contributed by atoms with Crippen LogP contribution in [-0.2, 0) is 4.79 Å². The van der Waals surface area contributed by atoms with Crippen molar-refractivity contribution in [3.63, 3.8) is 0 Å². The maximum Gasteiger partial charge on any atom is 0.323 e. The number of hydrogen-bond donors (Lipinski definition) is 2. The zero-order valence-electron chi connectivity index (χ0n) is 14.2. The lowest BCUT2D eigenvalue weighted by molar-refractivity contribution is -0.143. The van der Waals surface area contributed by atoms with Gasteiger partial charge in [-0.2, -0.15) is 0 Å². The second-order valence-electron chi connectivity index (χ2n) is 6.34. The number of piperidine rings is 1. The third-order valence-corrected chi connectivity index (χ3v) is 5.05. The van der Waals surface area contributed by atoms with Crippen molar-refractivity contribution < 1.29 is 14.7 Å². The lowest BCUT2D eigenvalue weighted by Crippen LogP contribution is -2.44. The molecule has 1 aliphatic heterocycles. The van der Waals surface area contributed by atoms with Crippen LogP contribution < -0.4 is 5.32 Å². The number of nitrogens with one attached hydrogen (secondary N) is 1. The fraction of sp³-hybridized carbons (Fsp3) is 0.412. The first-order chi connectivity index (χ1) is 11.9. The number of anilines is 1. The number of rotatable bonds is 3. The Morgan fingerprint density at radius 1 is 1.24 bits per heavy atom. The molecule has 0 radical (unpaired) electrons. The number of aliphatic carboxylic acids is 1. The average molecular weight is 360 g/mol. The summed E-state index contributed by atoms with van der Waals surface area (Å²) < 4.78 is 0. The lowest BCUT2D eigenvalue weighted by Gasteiger charge is -2.30. The normalized spacial score (nSPS) is 17.4. The van der Waals surface area contributed by atoms with Gasteiger partial charge in [-0.15, -0.1) is 10.2 Å². The summed E-state index contributed by atoms with van der Waals surface area (Å²) in [5, 5.41) is 21.2. The number of amides is 2. The van der Waals surface area contributed by atoms with Crippen LogP contribution in [0, 0.1) is 19.8 Å². The minimum atomic E-state index is -0.856. The third-order valence-electron chi connectivity index (χ3n) is 4.17. The second-order valence-corrected chi connectivity index (χ2v) is 7.32. The molecule has 2 amide bonds. The van der Waals surface area contributed by atoms with Gasteiger partial charge in [-0.3, -0.25) is 10.1 Å². The van der Waals surface area contributed by atoms with Crippen molar-refractivity contribution in [3.8, 4) is 10.6 Å². The molecule has 132 valence electrons. The smallest absolute Gasteiger partial charge is 0.323 e. The Morgan fingerprint density at radius 3 is 2.64 bits per heavy atom. The molecule has 0 aliphatic carbocycles. The number of carboxylic acids is 1. The summed E-state index contributed by atoms with van der Waals surface area (Å²) in [4.78, 5) is 25.0. The molecule has 0 bridgehead atoms. The fourth-order valence-electron chi connectivity index (χ4n) is 3.02. The van der Waals surface area contributed by atoms with E-state index in [0.29, 0.717) is 24.5 Å². The molecule has 0 spiro atoms. The van der Waals surface area contributed by atoms with E-state index in [-0.39, 0.29) is 12.6 Å². The summed E-state index contributed by atoms with van der Waals surface area (Å²) in [5.41, 5.74) is 3.26. The van der Waals surface area contributed by atoms with Gasteiger partial charge in [-0.05, 0) is 38.8 Å². The molecule has 1 saturated heterocycles.